The third-order valence-electron chi connectivity index (χ3n) is 5.34. The summed E-state index contributed by atoms with van der Waals surface area (Å²) < 4.78 is 32.0. The van der Waals surface area contributed by atoms with Crippen LogP contribution in [0.1, 0.15) is 22.8 Å². The van der Waals surface area contributed by atoms with Crippen molar-refractivity contribution in [1.29, 1.82) is 0 Å². The summed E-state index contributed by atoms with van der Waals surface area (Å²) in [6, 6.07) is 11.4. The van der Waals surface area contributed by atoms with Gasteiger partial charge in [0.05, 0.1) is 18.1 Å². The molecule has 2 aromatic rings. The third-order valence-corrected chi connectivity index (χ3v) is 7.26. The van der Waals surface area contributed by atoms with E-state index in [1.54, 1.807) is 17.0 Å². The van der Waals surface area contributed by atoms with Gasteiger partial charge in [-0.3, -0.25) is 9.59 Å². The van der Waals surface area contributed by atoms with Crippen molar-refractivity contribution in [1.82, 2.24) is 4.31 Å². The lowest BCUT2D eigenvalue weighted by Crippen LogP contribution is -2.40. The second-order valence-corrected chi connectivity index (χ2v) is 9.20. The average molecular weight is 429 g/mol. The lowest BCUT2D eigenvalue weighted by Gasteiger charge is -2.26. The Morgan fingerprint density at radius 3 is 2.37 bits per heavy atom. The highest BCUT2D eigenvalue weighted by Gasteiger charge is 2.26. The van der Waals surface area contributed by atoms with Gasteiger partial charge in [-0.25, -0.2) is 8.42 Å². The van der Waals surface area contributed by atoms with Gasteiger partial charge in [-0.15, -0.1) is 0 Å². The minimum Gasteiger partial charge on any atom is -0.379 e. The van der Waals surface area contributed by atoms with Crippen LogP contribution in [0.25, 0.3) is 0 Å². The monoisotopic (exact) mass is 429 g/mol. The van der Waals surface area contributed by atoms with Crippen LogP contribution in [0.4, 0.5) is 11.4 Å². The van der Waals surface area contributed by atoms with Crippen molar-refractivity contribution in [3.05, 3.63) is 53.6 Å². The van der Waals surface area contributed by atoms with Crippen LogP contribution >= 0.6 is 0 Å². The van der Waals surface area contributed by atoms with Crippen molar-refractivity contribution < 1.29 is 22.7 Å². The van der Waals surface area contributed by atoms with Crippen molar-refractivity contribution in [2.45, 2.75) is 18.2 Å². The second kappa shape index (κ2) is 8.17. The molecule has 0 saturated carbocycles. The number of benzene rings is 2. The van der Waals surface area contributed by atoms with Crippen molar-refractivity contribution >= 4 is 33.2 Å². The highest BCUT2D eigenvalue weighted by molar-refractivity contribution is 7.89. The smallest absolute Gasteiger partial charge is 0.255 e. The van der Waals surface area contributed by atoms with Crippen LogP contribution in [-0.2, 0) is 26.0 Å². The number of fused-ring (bicyclic) bond motifs is 1. The van der Waals surface area contributed by atoms with Gasteiger partial charge in [-0.05, 0) is 48.4 Å². The highest BCUT2D eigenvalue weighted by atomic mass is 32.2. The van der Waals surface area contributed by atoms with Gasteiger partial charge in [-0.2, -0.15) is 4.31 Å². The van der Waals surface area contributed by atoms with Crippen molar-refractivity contribution in [2.24, 2.45) is 0 Å². The summed E-state index contributed by atoms with van der Waals surface area (Å²) in [7, 11) is -3.60. The minimum atomic E-state index is -3.60. The lowest BCUT2D eigenvalue weighted by atomic mass is 10.1. The van der Waals surface area contributed by atoms with Crippen LogP contribution < -0.4 is 10.2 Å². The molecule has 1 N–H and O–H groups in total. The number of nitrogens with zero attached hydrogens (tertiary/aromatic N) is 2. The van der Waals surface area contributed by atoms with Gasteiger partial charge in [0.15, 0.2) is 0 Å². The Hall–Kier alpha value is -2.75. The summed E-state index contributed by atoms with van der Waals surface area (Å²) in [5.41, 5.74) is 2.81. The summed E-state index contributed by atoms with van der Waals surface area (Å²) in [4.78, 5) is 26.2. The molecule has 9 heteroatoms. The van der Waals surface area contributed by atoms with Crippen LogP contribution in [0.15, 0.2) is 47.4 Å². The largest absolute Gasteiger partial charge is 0.379 e. The third kappa shape index (κ3) is 3.96. The molecule has 0 atom stereocenters. The van der Waals surface area contributed by atoms with Crippen molar-refractivity contribution in [3.8, 4) is 0 Å². The SMILES string of the molecule is CC(=O)N1CCc2ccc(NC(=O)c3ccc(S(=O)(=O)N4CCOCC4)cc3)cc21. The van der Waals surface area contributed by atoms with Gasteiger partial charge in [0, 0.05) is 43.5 Å². The summed E-state index contributed by atoms with van der Waals surface area (Å²) in [6.07, 6.45) is 0.794. The van der Waals surface area contributed by atoms with Gasteiger partial charge < -0.3 is 15.0 Å². The molecule has 8 nitrogen and oxygen atoms in total. The molecular weight excluding hydrogens is 406 g/mol. The molecule has 0 aromatic heterocycles. The molecule has 0 unspecified atom stereocenters. The van der Waals surface area contributed by atoms with Gasteiger partial charge in [0.2, 0.25) is 15.9 Å². The van der Waals surface area contributed by atoms with Gasteiger partial charge in [0.25, 0.3) is 5.91 Å². The maximum absolute atomic E-state index is 12.7. The van der Waals surface area contributed by atoms with E-state index in [4.69, 9.17) is 4.74 Å². The fourth-order valence-electron chi connectivity index (χ4n) is 3.70. The van der Waals surface area contributed by atoms with Gasteiger partial charge >= 0.3 is 0 Å². The Labute approximate surface area is 175 Å². The number of carbonyl (C=O) groups excluding carboxylic acids is 2. The van der Waals surface area contributed by atoms with E-state index in [0.717, 1.165) is 17.7 Å². The van der Waals surface area contributed by atoms with Crippen LogP contribution in [0.3, 0.4) is 0 Å². The maximum Gasteiger partial charge on any atom is 0.255 e. The number of sulfonamides is 1. The number of rotatable bonds is 4. The molecule has 2 aliphatic rings. The first-order valence-electron chi connectivity index (χ1n) is 9.76. The molecule has 2 aliphatic heterocycles. The van der Waals surface area contributed by atoms with E-state index in [-0.39, 0.29) is 16.7 Å². The molecule has 30 heavy (non-hydrogen) atoms. The quantitative estimate of drug-likeness (QED) is 0.801. The Morgan fingerprint density at radius 2 is 1.70 bits per heavy atom. The van der Waals surface area contributed by atoms with Crippen molar-refractivity contribution in [3.63, 3.8) is 0 Å². The average Bonchev–Trinajstić information content (AvgIpc) is 3.18. The molecule has 4 rings (SSSR count). The predicted molar refractivity (Wildman–Crippen MR) is 112 cm³/mol. The van der Waals surface area contributed by atoms with Crippen LogP contribution in [0.2, 0.25) is 0 Å². The van der Waals surface area contributed by atoms with E-state index in [2.05, 4.69) is 5.32 Å². The molecule has 0 spiro atoms. The highest BCUT2D eigenvalue weighted by Crippen LogP contribution is 2.31. The number of anilines is 2. The van der Waals surface area contributed by atoms with E-state index in [0.29, 0.717) is 44.1 Å². The summed E-state index contributed by atoms with van der Waals surface area (Å²) in [6.45, 7) is 3.55. The first kappa shape index (κ1) is 20.5. The molecule has 0 radical (unpaired) electrons. The first-order chi connectivity index (χ1) is 14.4. The zero-order valence-corrected chi connectivity index (χ0v) is 17.4. The lowest BCUT2D eigenvalue weighted by molar-refractivity contribution is -0.116. The molecule has 158 valence electrons. The number of nitrogens with one attached hydrogen (secondary N) is 1. The molecular formula is C21H23N3O5S. The zero-order chi connectivity index (χ0) is 21.3. The summed E-state index contributed by atoms with van der Waals surface area (Å²) >= 11 is 0. The molecule has 0 aliphatic carbocycles. The fraction of sp³-hybridized carbons (Fsp3) is 0.333. The molecule has 1 fully saturated rings. The Morgan fingerprint density at radius 1 is 1.00 bits per heavy atom. The number of hydrogen-bond acceptors (Lipinski definition) is 5. The van der Waals surface area contributed by atoms with Crippen LogP contribution in [0, 0.1) is 0 Å². The molecule has 0 bridgehead atoms. The van der Waals surface area contributed by atoms with E-state index in [1.807, 2.05) is 6.07 Å². The minimum absolute atomic E-state index is 0.0331. The Balaban J connectivity index is 1.48. The second-order valence-electron chi connectivity index (χ2n) is 7.26. The fourth-order valence-corrected chi connectivity index (χ4v) is 5.11. The van der Waals surface area contributed by atoms with Crippen LogP contribution in [0.5, 0.6) is 0 Å². The Kier molecular flexibility index (Phi) is 5.59. The number of carbonyl (C=O) groups is 2. The van der Waals surface area contributed by atoms with E-state index in [9.17, 15) is 18.0 Å². The normalized spacial score (nSPS) is 16.9. The zero-order valence-electron chi connectivity index (χ0n) is 16.6. The van der Waals surface area contributed by atoms with Gasteiger partial charge in [-0.1, -0.05) is 6.07 Å². The first-order valence-corrected chi connectivity index (χ1v) is 11.2. The topological polar surface area (TPSA) is 96.0 Å². The van der Waals surface area contributed by atoms with E-state index in [1.165, 1.54) is 35.5 Å². The number of amides is 2. The number of ether oxygens (including phenoxy) is 1. The maximum atomic E-state index is 12.7. The van der Waals surface area contributed by atoms with E-state index < -0.39 is 10.0 Å². The van der Waals surface area contributed by atoms with Crippen molar-refractivity contribution in [2.75, 3.05) is 43.1 Å². The molecule has 2 amide bonds. The van der Waals surface area contributed by atoms with Crippen LogP contribution in [-0.4, -0.2) is 57.4 Å². The Bertz CT molecular complexity index is 1080. The summed E-state index contributed by atoms with van der Waals surface area (Å²) in [5, 5.41) is 2.82. The number of hydrogen-bond donors (Lipinski definition) is 1. The molecule has 2 heterocycles. The van der Waals surface area contributed by atoms with Gasteiger partial charge in [0.1, 0.15) is 0 Å². The number of morpholine rings is 1. The molecule has 1 saturated heterocycles. The summed E-state index contributed by atoms with van der Waals surface area (Å²) in [5.74, 6) is -0.382. The molecule has 2 aromatic carbocycles. The standard InChI is InChI=1S/C21H23N3O5S/c1-15(25)24-9-8-16-2-5-18(14-20(16)24)22-21(26)17-3-6-19(7-4-17)30(27,28)23-10-12-29-13-11-23/h2-7,14H,8-13H2,1H3,(H,22,26). The predicted octanol–water partition coefficient (Wildman–Crippen LogP) is 1.87. The van der Waals surface area contributed by atoms with E-state index >= 15 is 0 Å².